The van der Waals surface area contributed by atoms with Crippen LogP contribution in [0, 0.1) is 11.3 Å². The first-order chi connectivity index (χ1) is 8.88. The van der Waals surface area contributed by atoms with Crippen molar-refractivity contribution in [3.8, 4) is 6.07 Å². The summed E-state index contributed by atoms with van der Waals surface area (Å²) in [6.45, 7) is 1.60. The van der Waals surface area contributed by atoms with Gasteiger partial charge in [-0.15, -0.1) is 0 Å². The fourth-order valence-electron chi connectivity index (χ4n) is 2.41. The van der Waals surface area contributed by atoms with Gasteiger partial charge >= 0.3 is 0 Å². The highest BCUT2D eigenvalue weighted by Gasteiger charge is 2.17. The summed E-state index contributed by atoms with van der Waals surface area (Å²) in [6.07, 6.45) is 2.49. The number of nitrogens with one attached hydrogen (secondary N) is 2. The number of hydrogen-bond acceptors (Lipinski definition) is 3. The van der Waals surface area contributed by atoms with Crippen LogP contribution in [0.5, 0.6) is 0 Å². The molecule has 4 heteroatoms. The van der Waals surface area contributed by atoms with Gasteiger partial charge < -0.3 is 15.0 Å². The molecule has 1 unspecified atom stereocenters. The van der Waals surface area contributed by atoms with Gasteiger partial charge in [-0.3, -0.25) is 0 Å². The molecule has 1 aromatic carbocycles. The van der Waals surface area contributed by atoms with E-state index < -0.39 is 0 Å². The lowest BCUT2D eigenvalue weighted by Crippen LogP contribution is -2.18. The van der Waals surface area contributed by atoms with Gasteiger partial charge in [0.25, 0.3) is 0 Å². The number of benzene rings is 1. The van der Waals surface area contributed by atoms with Gasteiger partial charge in [-0.1, -0.05) is 18.2 Å². The van der Waals surface area contributed by atoms with Crippen molar-refractivity contribution in [2.45, 2.75) is 18.9 Å². The molecule has 1 aromatic heterocycles. The molecule has 92 valence electrons. The summed E-state index contributed by atoms with van der Waals surface area (Å²) in [5.41, 5.74) is 1.67. The van der Waals surface area contributed by atoms with Gasteiger partial charge in [0.15, 0.2) is 0 Å². The lowest BCUT2D eigenvalue weighted by molar-refractivity contribution is 0.120. The van der Waals surface area contributed by atoms with Gasteiger partial charge in [0.1, 0.15) is 17.5 Å². The average molecular weight is 241 g/mol. The van der Waals surface area contributed by atoms with Crippen LogP contribution in [0.2, 0.25) is 0 Å². The Morgan fingerprint density at radius 2 is 2.33 bits per heavy atom. The molecule has 4 nitrogen and oxygen atoms in total. The summed E-state index contributed by atoms with van der Waals surface area (Å²) >= 11 is 0. The van der Waals surface area contributed by atoms with Crippen LogP contribution in [0.25, 0.3) is 10.9 Å². The highest BCUT2D eigenvalue weighted by Crippen LogP contribution is 2.25. The van der Waals surface area contributed by atoms with E-state index in [1.165, 1.54) is 0 Å². The van der Waals surface area contributed by atoms with Crippen molar-refractivity contribution in [1.82, 2.24) is 4.98 Å². The lowest BCUT2D eigenvalue weighted by atomic mass is 10.2. The largest absolute Gasteiger partial charge is 0.376 e. The third kappa shape index (κ3) is 1.93. The second-order valence-corrected chi connectivity index (χ2v) is 4.55. The number of rotatable bonds is 3. The summed E-state index contributed by atoms with van der Waals surface area (Å²) in [6, 6.07) is 10.1. The molecule has 0 spiro atoms. The minimum Gasteiger partial charge on any atom is -0.376 e. The Labute approximate surface area is 106 Å². The highest BCUT2D eigenvalue weighted by molar-refractivity contribution is 5.91. The van der Waals surface area contributed by atoms with Crippen LogP contribution >= 0.6 is 0 Å². The number of fused-ring (bicyclic) bond motifs is 1. The SMILES string of the molecule is N#Cc1c(NCC2CCCO2)[nH]c2ccccc12. The Morgan fingerprint density at radius 3 is 3.11 bits per heavy atom. The predicted octanol–water partition coefficient (Wildman–Crippen LogP) is 2.63. The Kier molecular flexibility index (Phi) is 2.91. The highest BCUT2D eigenvalue weighted by atomic mass is 16.5. The maximum absolute atomic E-state index is 9.26. The minimum atomic E-state index is 0.267. The van der Waals surface area contributed by atoms with Gasteiger partial charge in [0, 0.05) is 24.1 Å². The van der Waals surface area contributed by atoms with Crippen molar-refractivity contribution in [1.29, 1.82) is 5.26 Å². The van der Waals surface area contributed by atoms with E-state index in [9.17, 15) is 5.26 Å². The third-order valence-corrected chi connectivity index (χ3v) is 3.35. The van der Waals surface area contributed by atoms with Crippen LogP contribution in [0.15, 0.2) is 24.3 Å². The molecule has 0 radical (unpaired) electrons. The van der Waals surface area contributed by atoms with E-state index in [2.05, 4.69) is 16.4 Å². The molecule has 0 saturated carbocycles. The van der Waals surface area contributed by atoms with E-state index in [4.69, 9.17) is 4.74 Å². The van der Waals surface area contributed by atoms with Crippen molar-refractivity contribution >= 4 is 16.7 Å². The second kappa shape index (κ2) is 4.71. The number of ether oxygens (including phenoxy) is 1. The Bertz CT molecular complexity index is 591. The van der Waals surface area contributed by atoms with Crippen LogP contribution in [-0.2, 0) is 4.74 Å². The smallest absolute Gasteiger partial charge is 0.122 e. The number of para-hydroxylation sites is 1. The van der Waals surface area contributed by atoms with E-state index in [0.29, 0.717) is 5.56 Å². The first kappa shape index (κ1) is 11.1. The van der Waals surface area contributed by atoms with E-state index in [1.807, 2.05) is 24.3 Å². The zero-order valence-corrected chi connectivity index (χ0v) is 10.1. The molecule has 0 bridgehead atoms. The minimum absolute atomic E-state index is 0.267. The molecular weight excluding hydrogens is 226 g/mol. The number of nitrogens with zero attached hydrogens (tertiary/aromatic N) is 1. The number of nitriles is 1. The van der Waals surface area contributed by atoms with Crippen molar-refractivity contribution in [3.05, 3.63) is 29.8 Å². The summed E-state index contributed by atoms with van der Waals surface area (Å²) in [5.74, 6) is 0.800. The molecule has 1 atom stereocenters. The topological polar surface area (TPSA) is 60.8 Å². The first-order valence-corrected chi connectivity index (χ1v) is 6.25. The monoisotopic (exact) mass is 241 g/mol. The molecular formula is C14H15N3O. The van der Waals surface area contributed by atoms with Crippen molar-refractivity contribution in [2.24, 2.45) is 0 Å². The van der Waals surface area contributed by atoms with Crippen molar-refractivity contribution in [3.63, 3.8) is 0 Å². The lowest BCUT2D eigenvalue weighted by Gasteiger charge is -2.10. The fourth-order valence-corrected chi connectivity index (χ4v) is 2.41. The Hall–Kier alpha value is -1.99. The molecule has 2 heterocycles. The van der Waals surface area contributed by atoms with Crippen LogP contribution < -0.4 is 5.32 Å². The molecule has 1 aliphatic rings. The summed E-state index contributed by atoms with van der Waals surface area (Å²) in [5, 5.41) is 13.5. The second-order valence-electron chi connectivity index (χ2n) is 4.55. The first-order valence-electron chi connectivity index (χ1n) is 6.25. The maximum Gasteiger partial charge on any atom is 0.122 e. The van der Waals surface area contributed by atoms with E-state index in [-0.39, 0.29) is 6.10 Å². The zero-order valence-electron chi connectivity index (χ0n) is 10.1. The molecule has 2 aromatic rings. The Morgan fingerprint density at radius 1 is 1.44 bits per heavy atom. The van der Waals surface area contributed by atoms with Crippen LogP contribution in [0.4, 0.5) is 5.82 Å². The van der Waals surface area contributed by atoms with Gasteiger partial charge in [-0.25, -0.2) is 0 Å². The number of hydrogen-bond donors (Lipinski definition) is 2. The maximum atomic E-state index is 9.26. The quantitative estimate of drug-likeness (QED) is 0.868. The molecule has 18 heavy (non-hydrogen) atoms. The summed E-state index contributed by atoms with van der Waals surface area (Å²) < 4.78 is 5.56. The van der Waals surface area contributed by atoms with Crippen molar-refractivity contribution in [2.75, 3.05) is 18.5 Å². The third-order valence-electron chi connectivity index (χ3n) is 3.35. The molecule has 3 rings (SSSR count). The predicted molar refractivity (Wildman–Crippen MR) is 70.5 cm³/mol. The zero-order chi connectivity index (χ0) is 12.4. The van der Waals surface area contributed by atoms with E-state index in [1.54, 1.807) is 0 Å². The van der Waals surface area contributed by atoms with E-state index in [0.717, 1.165) is 42.7 Å². The van der Waals surface area contributed by atoms with Gasteiger partial charge in [0.2, 0.25) is 0 Å². The normalized spacial score (nSPS) is 18.9. The number of aromatic nitrogens is 1. The van der Waals surface area contributed by atoms with Crippen LogP contribution in [-0.4, -0.2) is 24.2 Å². The van der Waals surface area contributed by atoms with Gasteiger partial charge in [0.05, 0.1) is 6.10 Å². The van der Waals surface area contributed by atoms with Crippen LogP contribution in [0.1, 0.15) is 18.4 Å². The average Bonchev–Trinajstić information content (AvgIpc) is 3.03. The summed E-state index contributed by atoms with van der Waals surface area (Å²) in [4.78, 5) is 3.25. The molecule has 1 fully saturated rings. The molecule has 2 N–H and O–H groups in total. The molecule has 0 aliphatic carbocycles. The Balaban J connectivity index is 1.84. The standard InChI is InChI=1S/C14H15N3O/c15-8-12-11-5-1-2-6-13(11)17-14(12)16-9-10-4-3-7-18-10/h1-2,5-6,10,16-17H,3-4,7,9H2. The van der Waals surface area contributed by atoms with Gasteiger partial charge in [-0.2, -0.15) is 5.26 Å². The molecule has 1 aliphatic heterocycles. The fraction of sp³-hybridized carbons (Fsp3) is 0.357. The number of H-pyrrole nitrogens is 1. The van der Waals surface area contributed by atoms with Gasteiger partial charge in [-0.05, 0) is 18.9 Å². The van der Waals surface area contributed by atoms with Crippen molar-refractivity contribution < 1.29 is 4.74 Å². The number of anilines is 1. The summed E-state index contributed by atoms with van der Waals surface area (Å²) in [7, 11) is 0. The van der Waals surface area contributed by atoms with Crippen LogP contribution in [0.3, 0.4) is 0 Å². The number of aromatic amines is 1. The van der Waals surface area contributed by atoms with E-state index >= 15 is 0 Å². The molecule has 0 amide bonds. The molecule has 1 saturated heterocycles.